The summed E-state index contributed by atoms with van der Waals surface area (Å²) in [6.07, 6.45) is 5.64. The van der Waals surface area contributed by atoms with Gasteiger partial charge in [-0.1, -0.05) is 0 Å². The van der Waals surface area contributed by atoms with Crippen LogP contribution >= 0.6 is 0 Å². The smallest absolute Gasteiger partial charge is 0.454 e. The fraction of sp³-hybridized carbons (Fsp3) is 0.314. The lowest BCUT2D eigenvalue weighted by molar-refractivity contribution is 0.0440. The number of H-pyrrole nitrogens is 1. The van der Waals surface area contributed by atoms with Crippen molar-refractivity contribution in [2.75, 3.05) is 43.9 Å². The number of halogens is 1. The summed E-state index contributed by atoms with van der Waals surface area (Å²) in [5.41, 5.74) is 2.89. The number of hydrogen-bond donors (Lipinski definition) is 2. The summed E-state index contributed by atoms with van der Waals surface area (Å²) in [5, 5.41) is 14.4. The van der Waals surface area contributed by atoms with E-state index in [0.717, 1.165) is 31.7 Å². The molecule has 50 heavy (non-hydrogen) atoms. The zero-order valence-electron chi connectivity index (χ0n) is 27.6. The molecule has 15 heteroatoms. The number of benzene rings is 1. The number of aromatic amines is 1. The van der Waals surface area contributed by atoms with Gasteiger partial charge in [-0.3, -0.25) is 4.79 Å². The summed E-state index contributed by atoms with van der Waals surface area (Å²) in [6.45, 7) is 3.59. The van der Waals surface area contributed by atoms with Gasteiger partial charge in [-0.15, -0.1) is 0 Å². The average molecular weight is 679 g/mol. The number of pyridine rings is 3. The molecule has 2 fully saturated rings. The maximum absolute atomic E-state index is 15.5. The molecule has 0 amide bonds. The van der Waals surface area contributed by atoms with Crippen LogP contribution in [0.25, 0.3) is 44.1 Å². The van der Waals surface area contributed by atoms with E-state index in [9.17, 15) is 19.6 Å². The van der Waals surface area contributed by atoms with Gasteiger partial charge < -0.3 is 38.2 Å². The van der Waals surface area contributed by atoms with Gasteiger partial charge in [0, 0.05) is 80.9 Å². The zero-order valence-corrected chi connectivity index (χ0v) is 27.6. The summed E-state index contributed by atoms with van der Waals surface area (Å²) in [5.74, 6) is -1.87. The van der Waals surface area contributed by atoms with E-state index in [1.54, 1.807) is 37.1 Å². The van der Waals surface area contributed by atoms with Gasteiger partial charge in [0.05, 0.1) is 33.2 Å². The number of ether oxygens (including phenoxy) is 1. The SMILES string of the molecule is CNc1cc(F)c(C#N)c2c1[nH]c1ncc(-c3cnc4c(c3)c(=O)c(C(=O)OCc3oc(=O)oc3C)cn4C)c(N3CC[C@H]4CN(C)C[C@H]43)c12. The van der Waals surface area contributed by atoms with Crippen LogP contribution in [0.15, 0.2) is 49.1 Å². The standard InChI is InChI=1S/C35H31FN8O6/c1-16-26(50-35(47)49-16)15-48-34(46)22-13-43(4)33-19(31(22)45)7-18(10-40-33)21-11-39-32-28(30(21)44-6-5-17-12-42(3)14-25(17)44)27-20(9-37)23(36)8-24(38-2)29(27)41-32/h7-8,10-11,13,17,25,38H,5-6,12,14-15H2,1-4H3,(H,39,41)/t17-,25+/m0/s1. The Kier molecular flexibility index (Phi) is 7.23. The second-order valence-electron chi connectivity index (χ2n) is 12.9. The number of aromatic nitrogens is 4. The first kappa shape index (κ1) is 31.3. The predicted octanol–water partition coefficient (Wildman–Crippen LogP) is 4.03. The quantitative estimate of drug-likeness (QED) is 0.242. The van der Waals surface area contributed by atoms with Crippen LogP contribution in [0.3, 0.4) is 0 Å². The lowest BCUT2D eigenvalue weighted by Gasteiger charge is -2.29. The van der Waals surface area contributed by atoms with E-state index in [2.05, 4.69) is 38.2 Å². The van der Waals surface area contributed by atoms with Crippen molar-refractivity contribution in [3.8, 4) is 17.2 Å². The summed E-state index contributed by atoms with van der Waals surface area (Å²) >= 11 is 0. The predicted molar refractivity (Wildman–Crippen MR) is 182 cm³/mol. The lowest BCUT2D eigenvalue weighted by atomic mass is 9.98. The number of aryl methyl sites for hydroxylation is 2. The molecular weight excluding hydrogens is 647 g/mol. The molecular formula is C35H31FN8O6. The normalized spacial score (nSPS) is 17.6. The Bertz CT molecular complexity index is 2560. The molecule has 8 rings (SSSR count). The molecule has 2 aliphatic rings. The maximum Gasteiger partial charge on any atom is 0.519 e. The fourth-order valence-electron chi connectivity index (χ4n) is 7.62. The molecule has 0 saturated carbocycles. The first-order chi connectivity index (χ1) is 24.1. The van der Waals surface area contributed by atoms with Crippen molar-refractivity contribution in [1.82, 2.24) is 24.4 Å². The highest BCUT2D eigenvalue weighted by molar-refractivity contribution is 6.20. The highest BCUT2D eigenvalue weighted by Gasteiger charge is 2.42. The largest absolute Gasteiger partial charge is 0.519 e. The van der Waals surface area contributed by atoms with E-state index >= 15 is 4.39 Å². The average Bonchev–Trinajstić information content (AvgIpc) is 3.86. The fourth-order valence-corrected chi connectivity index (χ4v) is 7.62. The number of nitriles is 1. The Balaban J connectivity index is 1.33. The van der Waals surface area contributed by atoms with Gasteiger partial charge in [0.1, 0.15) is 28.7 Å². The molecule has 0 aliphatic carbocycles. The molecule has 0 radical (unpaired) electrons. The zero-order chi connectivity index (χ0) is 35.0. The Hall–Kier alpha value is -6.01. The number of esters is 1. The van der Waals surface area contributed by atoms with E-state index in [-0.39, 0.29) is 34.1 Å². The van der Waals surface area contributed by atoms with Gasteiger partial charge >= 0.3 is 11.8 Å². The molecule has 14 nitrogen and oxygen atoms in total. The molecule has 1 aromatic carbocycles. The summed E-state index contributed by atoms with van der Waals surface area (Å²) in [7, 11) is 5.44. The summed E-state index contributed by atoms with van der Waals surface area (Å²) in [4.78, 5) is 55.8. The van der Waals surface area contributed by atoms with E-state index in [0.29, 0.717) is 50.3 Å². The number of carbonyl (C=O) groups excluding carboxylic acids is 1. The molecule has 5 aromatic heterocycles. The van der Waals surface area contributed by atoms with E-state index in [4.69, 9.17) is 18.6 Å². The third-order valence-electron chi connectivity index (χ3n) is 9.94. The maximum atomic E-state index is 15.5. The minimum atomic E-state index is -0.922. The third kappa shape index (κ3) is 4.74. The number of carbonyl (C=O) groups is 1. The van der Waals surface area contributed by atoms with Crippen LogP contribution in [-0.4, -0.2) is 70.2 Å². The molecule has 0 bridgehead atoms. The van der Waals surface area contributed by atoms with Gasteiger partial charge in [0.2, 0.25) is 5.43 Å². The minimum absolute atomic E-state index is 0.0384. The first-order valence-electron chi connectivity index (χ1n) is 16.0. The van der Waals surface area contributed by atoms with Gasteiger partial charge in [-0.25, -0.2) is 23.9 Å². The first-order valence-corrected chi connectivity index (χ1v) is 16.0. The van der Waals surface area contributed by atoms with Crippen molar-refractivity contribution in [3.63, 3.8) is 0 Å². The number of nitrogens with one attached hydrogen (secondary N) is 2. The van der Waals surface area contributed by atoms with E-state index in [1.807, 2.05) is 0 Å². The van der Waals surface area contributed by atoms with Crippen LogP contribution in [0.5, 0.6) is 0 Å². The summed E-state index contributed by atoms with van der Waals surface area (Å²) in [6, 6.07) is 5.20. The van der Waals surface area contributed by atoms with Crippen LogP contribution in [0.2, 0.25) is 0 Å². The molecule has 2 aliphatic heterocycles. The van der Waals surface area contributed by atoms with Crippen LogP contribution in [0.4, 0.5) is 15.8 Å². The van der Waals surface area contributed by atoms with Crippen LogP contribution in [0.1, 0.15) is 33.9 Å². The second kappa shape index (κ2) is 11.6. The minimum Gasteiger partial charge on any atom is -0.454 e. The molecule has 0 unspecified atom stereocenters. The molecule has 2 saturated heterocycles. The van der Waals surface area contributed by atoms with E-state index < -0.39 is 29.6 Å². The molecule has 254 valence electrons. The van der Waals surface area contributed by atoms with Gasteiger partial charge in [-0.2, -0.15) is 5.26 Å². The molecule has 6 aromatic rings. The lowest BCUT2D eigenvalue weighted by Crippen LogP contribution is -2.35. The Morgan fingerprint density at radius 1 is 1.18 bits per heavy atom. The van der Waals surface area contributed by atoms with Crippen LogP contribution in [-0.2, 0) is 18.4 Å². The van der Waals surface area contributed by atoms with Crippen molar-refractivity contribution in [1.29, 1.82) is 5.26 Å². The van der Waals surface area contributed by atoms with Crippen molar-refractivity contribution in [3.05, 3.63) is 80.0 Å². The van der Waals surface area contributed by atoms with Gasteiger partial charge in [0.15, 0.2) is 18.1 Å². The second-order valence-corrected chi connectivity index (χ2v) is 12.9. The number of likely N-dealkylation sites (N-methyl/N-ethyl adjacent to an activating group) is 1. The van der Waals surface area contributed by atoms with Crippen molar-refractivity contribution < 1.29 is 22.8 Å². The molecule has 7 heterocycles. The summed E-state index contributed by atoms with van der Waals surface area (Å²) < 4.78 is 32.1. The topological polar surface area (TPSA) is 176 Å². The molecule has 0 spiro atoms. The van der Waals surface area contributed by atoms with Crippen molar-refractivity contribution in [2.24, 2.45) is 13.0 Å². The number of hydrogen-bond acceptors (Lipinski definition) is 12. The van der Waals surface area contributed by atoms with E-state index in [1.165, 1.54) is 19.2 Å². The number of likely N-dealkylation sites (tertiary alicyclic amines) is 1. The van der Waals surface area contributed by atoms with Crippen molar-refractivity contribution >= 4 is 50.3 Å². The third-order valence-corrected chi connectivity index (χ3v) is 9.94. The number of rotatable bonds is 6. The molecule has 2 N–H and O–H groups in total. The molecule has 2 atom stereocenters. The highest BCUT2D eigenvalue weighted by atomic mass is 19.1. The number of nitrogens with zero attached hydrogens (tertiary/aromatic N) is 6. The Morgan fingerprint density at radius 3 is 2.74 bits per heavy atom. The monoisotopic (exact) mass is 678 g/mol. The van der Waals surface area contributed by atoms with Crippen LogP contribution in [0, 0.1) is 30.0 Å². The Morgan fingerprint density at radius 2 is 2.00 bits per heavy atom. The van der Waals surface area contributed by atoms with Gasteiger partial charge in [-0.05, 0) is 32.4 Å². The highest BCUT2D eigenvalue weighted by Crippen LogP contribution is 2.47. The van der Waals surface area contributed by atoms with Gasteiger partial charge in [0.25, 0.3) is 0 Å². The Labute approximate surface area is 282 Å². The van der Waals surface area contributed by atoms with Crippen LogP contribution < -0.4 is 21.5 Å². The number of fused-ring (bicyclic) bond motifs is 5. The number of anilines is 2. The van der Waals surface area contributed by atoms with Crippen molar-refractivity contribution in [2.45, 2.75) is 26.0 Å².